The lowest BCUT2D eigenvalue weighted by Gasteiger charge is -2.32. The topological polar surface area (TPSA) is 55.9 Å². The van der Waals surface area contributed by atoms with Gasteiger partial charge in [0.1, 0.15) is 0 Å². The molecule has 0 atom stereocenters. The molecule has 0 radical (unpaired) electrons. The van der Waals surface area contributed by atoms with Gasteiger partial charge in [-0.25, -0.2) is 4.79 Å². The molecule has 1 aliphatic heterocycles. The van der Waals surface area contributed by atoms with Crippen LogP contribution in [0.3, 0.4) is 0 Å². The molecule has 31 heavy (non-hydrogen) atoms. The summed E-state index contributed by atoms with van der Waals surface area (Å²) in [5, 5.41) is 2.86. The number of amides is 3. The molecule has 0 unspecified atom stereocenters. The second kappa shape index (κ2) is 10.8. The third-order valence-electron chi connectivity index (χ3n) is 5.53. The van der Waals surface area contributed by atoms with E-state index >= 15 is 0 Å². The van der Waals surface area contributed by atoms with Gasteiger partial charge in [-0.3, -0.25) is 9.69 Å². The van der Waals surface area contributed by atoms with Crippen LogP contribution in [0.1, 0.15) is 16.7 Å². The van der Waals surface area contributed by atoms with Crippen molar-refractivity contribution in [2.45, 2.75) is 19.9 Å². The summed E-state index contributed by atoms with van der Waals surface area (Å²) in [7, 11) is 2.08. The van der Waals surface area contributed by atoms with Crippen LogP contribution in [0.15, 0.2) is 61.2 Å². The van der Waals surface area contributed by atoms with Crippen molar-refractivity contribution in [3.63, 3.8) is 0 Å². The van der Waals surface area contributed by atoms with Crippen molar-refractivity contribution < 1.29 is 9.59 Å². The van der Waals surface area contributed by atoms with Crippen LogP contribution in [0.2, 0.25) is 0 Å². The first-order valence-electron chi connectivity index (χ1n) is 10.7. The summed E-state index contributed by atoms with van der Waals surface area (Å²) in [5.41, 5.74) is 3.96. The van der Waals surface area contributed by atoms with Crippen LogP contribution >= 0.6 is 0 Å². The number of piperazine rings is 1. The summed E-state index contributed by atoms with van der Waals surface area (Å²) in [6, 6.07) is 15.7. The van der Waals surface area contributed by atoms with E-state index in [1.54, 1.807) is 11.0 Å². The van der Waals surface area contributed by atoms with Gasteiger partial charge in [-0.15, -0.1) is 6.58 Å². The first kappa shape index (κ1) is 22.6. The fraction of sp³-hybridized carbons (Fsp3) is 0.360. The molecular formula is C25H32N4O2. The van der Waals surface area contributed by atoms with Crippen LogP contribution in [-0.2, 0) is 17.8 Å². The van der Waals surface area contributed by atoms with E-state index in [0.29, 0.717) is 19.5 Å². The lowest BCUT2D eigenvalue weighted by molar-refractivity contribution is -0.132. The van der Waals surface area contributed by atoms with Crippen LogP contribution in [0.5, 0.6) is 0 Å². The zero-order chi connectivity index (χ0) is 22.2. The predicted molar refractivity (Wildman–Crippen MR) is 125 cm³/mol. The third-order valence-corrected chi connectivity index (χ3v) is 5.53. The summed E-state index contributed by atoms with van der Waals surface area (Å²) in [4.78, 5) is 31.3. The molecule has 164 valence electrons. The van der Waals surface area contributed by atoms with Gasteiger partial charge < -0.3 is 15.1 Å². The average Bonchev–Trinajstić information content (AvgIpc) is 2.77. The fourth-order valence-electron chi connectivity index (χ4n) is 3.66. The van der Waals surface area contributed by atoms with E-state index in [4.69, 9.17) is 0 Å². The van der Waals surface area contributed by atoms with E-state index in [1.165, 1.54) is 0 Å². The van der Waals surface area contributed by atoms with Gasteiger partial charge in [0.2, 0.25) is 5.91 Å². The number of benzene rings is 2. The molecule has 0 spiro atoms. The van der Waals surface area contributed by atoms with Crippen LogP contribution < -0.4 is 10.2 Å². The number of urea groups is 1. The normalized spacial score (nSPS) is 14.2. The Morgan fingerprint density at radius 1 is 1.06 bits per heavy atom. The minimum atomic E-state index is -0.178. The Balaban J connectivity index is 1.71. The Morgan fingerprint density at radius 3 is 2.42 bits per heavy atom. The molecule has 1 aliphatic rings. The molecule has 2 aromatic carbocycles. The summed E-state index contributed by atoms with van der Waals surface area (Å²) in [6.45, 7) is 9.96. The van der Waals surface area contributed by atoms with Gasteiger partial charge in [-0.1, -0.05) is 48.0 Å². The Bertz CT molecular complexity index is 902. The van der Waals surface area contributed by atoms with Gasteiger partial charge in [0.05, 0.1) is 13.0 Å². The zero-order valence-corrected chi connectivity index (χ0v) is 18.5. The van der Waals surface area contributed by atoms with Crippen molar-refractivity contribution in [2.24, 2.45) is 0 Å². The van der Waals surface area contributed by atoms with E-state index < -0.39 is 0 Å². The molecule has 1 N–H and O–H groups in total. The van der Waals surface area contributed by atoms with Crippen LogP contribution in [0.25, 0.3) is 0 Å². The van der Waals surface area contributed by atoms with Gasteiger partial charge >= 0.3 is 6.03 Å². The van der Waals surface area contributed by atoms with E-state index in [-0.39, 0.29) is 11.9 Å². The van der Waals surface area contributed by atoms with Gasteiger partial charge in [0, 0.05) is 38.4 Å². The molecule has 2 aromatic rings. The molecule has 0 aromatic heterocycles. The minimum absolute atomic E-state index is 0.154. The number of nitrogens with one attached hydrogen (secondary N) is 1. The lowest BCUT2D eigenvalue weighted by atomic mass is 10.1. The van der Waals surface area contributed by atoms with Crippen LogP contribution in [0, 0.1) is 6.92 Å². The van der Waals surface area contributed by atoms with Crippen LogP contribution in [0.4, 0.5) is 10.5 Å². The summed E-state index contributed by atoms with van der Waals surface area (Å²) < 4.78 is 0. The van der Waals surface area contributed by atoms with Crippen molar-refractivity contribution in [3.05, 3.63) is 77.9 Å². The van der Waals surface area contributed by atoms with E-state index in [9.17, 15) is 9.59 Å². The number of anilines is 1. The molecule has 6 heteroatoms. The number of carbonyl (C=O) groups excluding carboxylic acids is 2. The van der Waals surface area contributed by atoms with E-state index in [1.807, 2.05) is 54.3 Å². The number of hydrogen-bond acceptors (Lipinski definition) is 3. The van der Waals surface area contributed by atoms with Crippen molar-refractivity contribution in [1.29, 1.82) is 0 Å². The molecule has 1 heterocycles. The molecular weight excluding hydrogens is 388 g/mol. The van der Waals surface area contributed by atoms with E-state index in [0.717, 1.165) is 48.6 Å². The Morgan fingerprint density at radius 2 is 1.77 bits per heavy atom. The van der Waals surface area contributed by atoms with Gasteiger partial charge in [-0.05, 0) is 37.2 Å². The van der Waals surface area contributed by atoms with Crippen molar-refractivity contribution in [1.82, 2.24) is 15.1 Å². The van der Waals surface area contributed by atoms with Gasteiger partial charge in [0.25, 0.3) is 0 Å². The molecule has 0 aliphatic carbocycles. The van der Waals surface area contributed by atoms with Crippen molar-refractivity contribution in [3.8, 4) is 0 Å². The Hall–Kier alpha value is -3.12. The highest BCUT2D eigenvalue weighted by Gasteiger charge is 2.20. The van der Waals surface area contributed by atoms with Crippen molar-refractivity contribution >= 4 is 17.6 Å². The maximum absolute atomic E-state index is 12.8. The zero-order valence-electron chi connectivity index (χ0n) is 18.5. The molecule has 0 saturated carbocycles. The summed E-state index contributed by atoms with van der Waals surface area (Å²) in [5.74, 6) is 0.154. The second-order valence-corrected chi connectivity index (χ2v) is 8.08. The summed E-state index contributed by atoms with van der Waals surface area (Å²) >= 11 is 0. The molecule has 1 fully saturated rings. The number of likely N-dealkylation sites (N-methyl/N-ethyl adjacent to an activating group) is 1. The number of nitrogens with zero attached hydrogens (tertiary/aromatic N) is 3. The van der Waals surface area contributed by atoms with E-state index in [2.05, 4.69) is 29.9 Å². The highest BCUT2D eigenvalue weighted by Crippen LogP contribution is 2.20. The maximum Gasteiger partial charge on any atom is 0.322 e. The van der Waals surface area contributed by atoms with Gasteiger partial charge in [-0.2, -0.15) is 0 Å². The Kier molecular flexibility index (Phi) is 7.84. The SMILES string of the molecule is C=CCNC(=O)N(Cc1cccc(C)c1)c1ccc(CC(=O)N2CCN(C)CC2)cc1. The monoisotopic (exact) mass is 420 g/mol. The van der Waals surface area contributed by atoms with Crippen LogP contribution in [-0.4, -0.2) is 61.5 Å². The number of hydrogen-bond donors (Lipinski definition) is 1. The second-order valence-electron chi connectivity index (χ2n) is 8.08. The molecule has 0 bridgehead atoms. The highest BCUT2D eigenvalue weighted by molar-refractivity contribution is 5.92. The lowest BCUT2D eigenvalue weighted by Crippen LogP contribution is -2.47. The number of carbonyl (C=O) groups is 2. The van der Waals surface area contributed by atoms with Gasteiger partial charge in [0.15, 0.2) is 0 Å². The standard InChI is InChI=1S/C25H32N4O2/c1-4-12-26-25(31)29(19-22-7-5-6-20(2)17-22)23-10-8-21(9-11-23)18-24(30)28-15-13-27(3)14-16-28/h4-11,17H,1,12-16,18-19H2,2-3H3,(H,26,31). The molecule has 3 amide bonds. The maximum atomic E-state index is 12.8. The molecule has 1 saturated heterocycles. The first-order chi connectivity index (χ1) is 15.0. The Labute approximate surface area is 185 Å². The minimum Gasteiger partial charge on any atom is -0.340 e. The number of rotatable bonds is 7. The first-order valence-corrected chi connectivity index (χ1v) is 10.7. The third kappa shape index (κ3) is 6.43. The quantitative estimate of drug-likeness (QED) is 0.700. The highest BCUT2D eigenvalue weighted by atomic mass is 16.2. The van der Waals surface area contributed by atoms with Crippen molar-refractivity contribution in [2.75, 3.05) is 44.7 Å². The smallest absolute Gasteiger partial charge is 0.322 e. The molecule has 6 nitrogen and oxygen atoms in total. The average molecular weight is 421 g/mol. The fourth-order valence-corrected chi connectivity index (χ4v) is 3.66. The summed E-state index contributed by atoms with van der Waals surface area (Å²) in [6.07, 6.45) is 2.04. The molecule has 3 rings (SSSR count). The largest absolute Gasteiger partial charge is 0.340 e. The predicted octanol–water partition coefficient (Wildman–Crippen LogP) is 3.21. The number of aryl methyl sites for hydroxylation is 1.